The van der Waals surface area contributed by atoms with Gasteiger partial charge in [0.2, 0.25) is 0 Å². The number of Topliss-reactive ketones (excluding diaryl/α,β-unsaturated/α-hetero) is 1. The van der Waals surface area contributed by atoms with E-state index in [2.05, 4.69) is 4.90 Å². The Balaban J connectivity index is 1.89. The van der Waals surface area contributed by atoms with Crippen molar-refractivity contribution in [2.45, 2.75) is 32.7 Å². The molecule has 3 rings (SSSR count). The molecule has 0 aromatic heterocycles. The predicted molar refractivity (Wildman–Crippen MR) is 91.6 cm³/mol. The van der Waals surface area contributed by atoms with E-state index in [-0.39, 0.29) is 11.4 Å². The van der Waals surface area contributed by atoms with Gasteiger partial charge in [0.15, 0.2) is 11.5 Å². The molecule has 0 bridgehead atoms. The van der Waals surface area contributed by atoms with Gasteiger partial charge in [-0.1, -0.05) is 29.8 Å². The second kappa shape index (κ2) is 6.77. The first-order valence-electron chi connectivity index (χ1n) is 8.53. The molecule has 24 heavy (non-hydrogen) atoms. The van der Waals surface area contributed by atoms with Gasteiger partial charge in [0.1, 0.15) is 0 Å². The summed E-state index contributed by atoms with van der Waals surface area (Å²) in [5.41, 5.74) is 2.19. The first kappa shape index (κ1) is 16.7. The van der Waals surface area contributed by atoms with E-state index in [1.54, 1.807) is 4.90 Å². The summed E-state index contributed by atoms with van der Waals surface area (Å²) in [4.78, 5) is 28.5. The molecule has 2 heterocycles. The van der Waals surface area contributed by atoms with Gasteiger partial charge in [0, 0.05) is 13.1 Å². The fourth-order valence-electron chi connectivity index (χ4n) is 3.59. The molecule has 1 atom stereocenters. The number of aliphatic hydroxyl groups is 1. The molecule has 1 N–H and O–H groups in total. The maximum absolute atomic E-state index is 12.5. The van der Waals surface area contributed by atoms with Crippen molar-refractivity contribution in [2.75, 3.05) is 26.2 Å². The molecule has 5 heteroatoms. The van der Waals surface area contributed by atoms with Crippen molar-refractivity contribution in [3.05, 3.63) is 46.7 Å². The van der Waals surface area contributed by atoms with Crippen LogP contribution in [-0.2, 0) is 9.59 Å². The van der Waals surface area contributed by atoms with E-state index in [0.717, 1.165) is 30.8 Å². The lowest BCUT2D eigenvalue weighted by Gasteiger charge is -2.28. The first-order chi connectivity index (χ1) is 11.5. The highest BCUT2D eigenvalue weighted by Crippen LogP contribution is 2.37. The topological polar surface area (TPSA) is 60.9 Å². The quantitative estimate of drug-likeness (QED) is 0.901. The van der Waals surface area contributed by atoms with Gasteiger partial charge >= 0.3 is 0 Å². The molecule has 128 valence electrons. The largest absolute Gasteiger partial charge is 0.503 e. The number of carbonyl (C=O) groups is 2. The Labute approximate surface area is 142 Å². The van der Waals surface area contributed by atoms with Crippen molar-refractivity contribution in [2.24, 2.45) is 0 Å². The number of rotatable bonds is 5. The molecule has 2 aliphatic rings. The summed E-state index contributed by atoms with van der Waals surface area (Å²) in [7, 11) is 0. The maximum atomic E-state index is 12.5. The highest BCUT2D eigenvalue weighted by atomic mass is 16.3. The van der Waals surface area contributed by atoms with Crippen LogP contribution in [-0.4, -0.2) is 52.8 Å². The predicted octanol–water partition coefficient (Wildman–Crippen LogP) is 2.38. The number of aryl methyl sites for hydroxylation is 1. The lowest BCUT2D eigenvalue weighted by Crippen LogP contribution is -2.37. The second-order valence-electron chi connectivity index (χ2n) is 6.68. The van der Waals surface area contributed by atoms with Gasteiger partial charge in [-0.3, -0.25) is 9.59 Å². The number of hydrogen-bond acceptors (Lipinski definition) is 4. The average molecular weight is 328 g/mol. The molecule has 0 aliphatic carbocycles. The fourth-order valence-corrected chi connectivity index (χ4v) is 3.59. The average Bonchev–Trinajstić information content (AvgIpc) is 3.14. The zero-order valence-electron chi connectivity index (χ0n) is 14.3. The van der Waals surface area contributed by atoms with E-state index in [1.807, 2.05) is 31.2 Å². The molecule has 0 radical (unpaired) electrons. The highest BCUT2D eigenvalue weighted by Gasteiger charge is 2.42. The van der Waals surface area contributed by atoms with E-state index in [0.29, 0.717) is 6.54 Å². The van der Waals surface area contributed by atoms with Crippen molar-refractivity contribution in [1.82, 2.24) is 9.80 Å². The standard InChI is InChI=1S/C19H24N2O3/c1-13-5-7-15(8-6-13)17-16(14(2)22)18(23)19(24)21(17)12-11-20-9-3-4-10-20/h5-8,17,23H,3-4,9-12H2,1-2H3. The summed E-state index contributed by atoms with van der Waals surface area (Å²) < 4.78 is 0. The summed E-state index contributed by atoms with van der Waals surface area (Å²) in [5, 5.41) is 10.2. The minimum Gasteiger partial charge on any atom is -0.503 e. The van der Waals surface area contributed by atoms with Crippen molar-refractivity contribution in [3.8, 4) is 0 Å². The monoisotopic (exact) mass is 328 g/mol. The van der Waals surface area contributed by atoms with Gasteiger partial charge in [-0.25, -0.2) is 0 Å². The van der Waals surface area contributed by atoms with E-state index in [4.69, 9.17) is 0 Å². The van der Waals surface area contributed by atoms with Crippen LogP contribution in [0.3, 0.4) is 0 Å². The van der Waals surface area contributed by atoms with Crippen LogP contribution in [0.2, 0.25) is 0 Å². The molecule has 0 spiro atoms. The molecule has 1 unspecified atom stereocenters. The summed E-state index contributed by atoms with van der Waals surface area (Å²) in [6.07, 6.45) is 2.38. The van der Waals surface area contributed by atoms with Crippen molar-refractivity contribution in [1.29, 1.82) is 0 Å². The Kier molecular flexibility index (Phi) is 4.71. The van der Waals surface area contributed by atoms with Crippen molar-refractivity contribution in [3.63, 3.8) is 0 Å². The summed E-state index contributed by atoms with van der Waals surface area (Å²) in [6, 6.07) is 7.30. The Morgan fingerprint density at radius 1 is 1.17 bits per heavy atom. The van der Waals surface area contributed by atoms with Crippen LogP contribution in [0.15, 0.2) is 35.6 Å². The molecule has 1 saturated heterocycles. The minimum absolute atomic E-state index is 0.213. The van der Waals surface area contributed by atoms with Crippen molar-refractivity contribution < 1.29 is 14.7 Å². The summed E-state index contributed by atoms with van der Waals surface area (Å²) >= 11 is 0. The van der Waals surface area contributed by atoms with Crippen LogP contribution >= 0.6 is 0 Å². The number of hydrogen-bond donors (Lipinski definition) is 1. The number of carbonyl (C=O) groups excluding carboxylic acids is 2. The second-order valence-corrected chi connectivity index (χ2v) is 6.68. The molecule has 0 saturated carbocycles. The Hall–Kier alpha value is -2.14. The molecular formula is C19H24N2O3. The van der Waals surface area contributed by atoms with Crippen LogP contribution in [0.1, 0.15) is 36.9 Å². The maximum Gasteiger partial charge on any atom is 0.290 e. The van der Waals surface area contributed by atoms with E-state index in [9.17, 15) is 14.7 Å². The van der Waals surface area contributed by atoms with Gasteiger partial charge in [-0.05, 0) is 45.3 Å². The van der Waals surface area contributed by atoms with Gasteiger partial charge in [0.25, 0.3) is 5.91 Å². The summed E-state index contributed by atoms with van der Waals surface area (Å²) in [5.74, 6) is -1.09. The van der Waals surface area contributed by atoms with Crippen LogP contribution in [0.25, 0.3) is 0 Å². The normalized spacial score (nSPS) is 21.8. The number of amides is 1. The molecule has 1 fully saturated rings. The number of nitrogens with zero attached hydrogens (tertiary/aromatic N) is 2. The molecule has 1 aromatic carbocycles. The third-order valence-corrected chi connectivity index (χ3v) is 4.93. The molecular weight excluding hydrogens is 304 g/mol. The zero-order valence-corrected chi connectivity index (χ0v) is 14.3. The number of ketones is 1. The third kappa shape index (κ3) is 3.08. The van der Waals surface area contributed by atoms with Crippen molar-refractivity contribution >= 4 is 11.7 Å². The molecule has 5 nitrogen and oxygen atoms in total. The van der Waals surface area contributed by atoms with E-state index in [1.165, 1.54) is 19.8 Å². The highest BCUT2D eigenvalue weighted by molar-refractivity contribution is 6.08. The number of likely N-dealkylation sites (tertiary alicyclic amines) is 1. The third-order valence-electron chi connectivity index (χ3n) is 4.93. The fraction of sp³-hybridized carbons (Fsp3) is 0.474. The smallest absolute Gasteiger partial charge is 0.290 e. The SMILES string of the molecule is CC(=O)C1=C(O)C(=O)N(CCN2CCCC2)C1c1ccc(C)cc1. The Morgan fingerprint density at radius 2 is 1.79 bits per heavy atom. The lowest BCUT2D eigenvalue weighted by atomic mass is 9.96. The van der Waals surface area contributed by atoms with Gasteiger partial charge < -0.3 is 14.9 Å². The molecule has 2 aliphatic heterocycles. The first-order valence-corrected chi connectivity index (χ1v) is 8.53. The van der Waals surface area contributed by atoms with E-state index < -0.39 is 17.7 Å². The summed E-state index contributed by atoms with van der Waals surface area (Å²) in [6.45, 7) is 6.79. The van der Waals surface area contributed by atoms with Crippen LogP contribution in [0.5, 0.6) is 0 Å². The number of aliphatic hydroxyl groups excluding tert-OH is 1. The van der Waals surface area contributed by atoms with Crippen LogP contribution in [0, 0.1) is 6.92 Å². The van der Waals surface area contributed by atoms with Gasteiger partial charge in [0.05, 0.1) is 11.6 Å². The van der Waals surface area contributed by atoms with E-state index >= 15 is 0 Å². The lowest BCUT2D eigenvalue weighted by molar-refractivity contribution is -0.129. The minimum atomic E-state index is -0.488. The van der Waals surface area contributed by atoms with Gasteiger partial charge in [-0.2, -0.15) is 0 Å². The zero-order chi connectivity index (χ0) is 17.3. The Bertz CT molecular complexity index is 672. The van der Waals surface area contributed by atoms with Gasteiger partial charge in [-0.15, -0.1) is 0 Å². The number of benzene rings is 1. The molecule has 1 amide bonds. The Morgan fingerprint density at radius 3 is 2.38 bits per heavy atom. The molecule has 1 aromatic rings. The van der Waals surface area contributed by atoms with Crippen LogP contribution in [0.4, 0.5) is 0 Å². The van der Waals surface area contributed by atoms with Crippen LogP contribution < -0.4 is 0 Å².